The Morgan fingerprint density at radius 3 is 2.48 bits per heavy atom. The maximum Gasteiger partial charge on any atom is 0.292 e. The van der Waals surface area contributed by atoms with Gasteiger partial charge in [0.15, 0.2) is 0 Å². The van der Waals surface area contributed by atoms with E-state index < -0.39 is 0 Å². The number of nitrogens with zero attached hydrogens (tertiary/aromatic N) is 3. The lowest BCUT2D eigenvalue weighted by atomic mass is 10.0. The summed E-state index contributed by atoms with van der Waals surface area (Å²) in [6.45, 7) is 6.51. The maximum atomic E-state index is 12.6. The van der Waals surface area contributed by atoms with Crippen molar-refractivity contribution in [1.29, 1.82) is 0 Å². The van der Waals surface area contributed by atoms with E-state index in [4.69, 9.17) is 4.52 Å². The molecule has 1 aliphatic carbocycles. The highest BCUT2D eigenvalue weighted by molar-refractivity contribution is 5.91. The minimum absolute atomic E-state index is 0.120. The summed E-state index contributed by atoms with van der Waals surface area (Å²) in [4.78, 5) is 28.6. The van der Waals surface area contributed by atoms with Crippen LogP contribution >= 0.6 is 0 Å². The summed E-state index contributed by atoms with van der Waals surface area (Å²) in [5.41, 5.74) is 0.830. The van der Waals surface area contributed by atoms with E-state index in [1.807, 2.05) is 4.90 Å². The standard InChI is InChI=1S/C19H29N3O3/c1-3-14(2)16-13-17(25-20-16)19(24)22-10-8-21(9-11-22)18(23)12-15-6-4-5-7-15/h13-15H,3-12H2,1-2H3/t14-/m0/s1. The largest absolute Gasteiger partial charge is 0.351 e. The Bertz CT molecular complexity index is 599. The molecule has 2 fully saturated rings. The van der Waals surface area contributed by atoms with Gasteiger partial charge in [0.05, 0.1) is 5.69 Å². The normalized spacial score (nSPS) is 20.1. The molecule has 1 aromatic rings. The number of carbonyl (C=O) groups excluding carboxylic acids is 2. The third-order valence-electron chi connectivity index (χ3n) is 5.71. The van der Waals surface area contributed by atoms with Crippen LogP contribution in [0.25, 0.3) is 0 Å². The number of carbonyl (C=O) groups is 2. The molecule has 6 heteroatoms. The van der Waals surface area contributed by atoms with Gasteiger partial charge in [-0.2, -0.15) is 0 Å². The Hall–Kier alpha value is -1.85. The maximum absolute atomic E-state index is 12.6. The first-order valence-electron chi connectivity index (χ1n) is 9.62. The highest BCUT2D eigenvalue weighted by atomic mass is 16.5. The number of rotatable bonds is 5. The minimum Gasteiger partial charge on any atom is -0.351 e. The summed E-state index contributed by atoms with van der Waals surface area (Å²) in [7, 11) is 0. The number of amides is 2. The molecule has 2 heterocycles. The molecule has 6 nitrogen and oxygen atoms in total. The van der Waals surface area contributed by atoms with Crippen LogP contribution in [0.1, 0.15) is 74.5 Å². The van der Waals surface area contributed by atoms with Crippen LogP contribution in [-0.4, -0.2) is 52.9 Å². The monoisotopic (exact) mass is 347 g/mol. The molecule has 0 unspecified atom stereocenters. The lowest BCUT2D eigenvalue weighted by Crippen LogP contribution is -2.50. The third kappa shape index (κ3) is 4.22. The fourth-order valence-electron chi connectivity index (χ4n) is 3.74. The van der Waals surface area contributed by atoms with E-state index in [0.29, 0.717) is 44.3 Å². The SMILES string of the molecule is CC[C@H](C)c1cc(C(=O)N2CCN(C(=O)CC3CCCC3)CC2)on1. The molecule has 1 saturated carbocycles. The Balaban J connectivity index is 1.50. The van der Waals surface area contributed by atoms with Crippen LogP contribution in [0.2, 0.25) is 0 Å². The second kappa shape index (κ2) is 8.02. The quantitative estimate of drug-likeness (QED) is 0.821. The van der Waals surface area contributed by atoms with Gasteiger partial charge in [-0.15, -0.1) is 0 Å². The second-order valence-corrected chi connectivity index (χ2v) is 7.45. The van der Waals surface area contributed by atoms with E-state index in [0.717, 1.165) is 12.1 Å². The van der Waals surface area contributed by atoms with Gasteiger partial charge in [0.2, 0.25) is 11.7 Å². The van der Waals surface area contributed by atoms with Gasteiger partial charge in [-0.25, -0.2) is 0 Å². The first-order chi connectivity index (χ1) is 12.1. The molecule has 0 spiro atoms. The van der Waals surface area contributed by atoms with Crippen LogP contribution in [0.4, 0.5) is 0 Å². The summed E-state index contributed by atoms with van der Waals surface area (Å²) < 4.78 is 5.24. The van der Waals surface area contributed by atoms with Crippen molar-refractivity contribution in [3.05, 3.63) is 17.5 Å². The van der Waals surface area contributed by atoms with Crippen molar-refractivity contribution in [1.82, 2.24) is 15.0 Å². The van der Waals surface area contributed by atoms with E-state index >= 15 is 0 Å². The van der Waals surface area contributed by atoms with Crippen LogP contribution in [0.3, 0.4) is 0 Å². The highest BCUT2D eigenvalue weighted by Crippen LogP contribution is 2.28. The zero-order valence-electron chi connectivity index (χ0n) is 15.4. The van der Waals surface area contributed by atoms with Gasteiger partial charge >= 0.3 is 0 Å². The van der Waals surface area contributed by atoms with E-state index in [9.17, 15) is 9.59 Å². The van der Waals surface area contributed by atoms with Crippen LogP contribution < -0.4 is 0 Å². The molecular formula is C19H29N3O3. The van der Waals surface area contributed by atoms with Crippen LogP contribution in [0.15, 0.2) is 10.6 Å². The molecule has 138 valence electrons. The van der Waals surface area contributed by atoms with Gasteiger partial charge in [-0.1, -0.05) is 31.8 Å². The lowest BCUT2D eigenvalue weighted by molar-refractivity contribution is -0.133. The van der Waals surface area contributed by atoms with E-state index in [2.05, 4.69) is 19.0 Å². The molecule has 0 bridgehead atoms. The Morgan fingerprint density at radius 2 is 1.84 bits per heavy atom. The van der Waals surface area contributed by atoms with Gasteiger partial charge in [0, 0.05) is 44.6 Å². The van der Waals surface area contributed by atoms with Gasteiger partial charge in [-0.05, 0) is 25.2 Å². The first kappa shape index (κ1) is 18.0. The van der Waals surface area contributed by atoms with Gasteiger partial charge in [0.25, 0.3) is 5.91 Å². The number of hydrogen-bond acceptors (Lipinski definition) is 4. The Morgan fingerprint density at radius 1 is 1.20 bits per heavy atom. The van der Waals surface area contributed by atoms with Crippen LogP contribution in [-0.2, 0) is 4.79 Å². The van der Waals surface area contributed by atoms with Crippen molar-refractivity contribution in [2.45, 2.75) is 58.3 Å². The molecule has 1 saturated heterocycles. The van der Waals surface area contributed by atoms with Crippen molar-refractivity contribution >= 4 is 11.8 Å². The molecule has 1 atom stereocenters. The summed E-state index contributed by atoms with van der Waals surface area (Å²) in [6.07, 6.45) is 6.53. The third-order valence-corrected chi connectivity index (χ3v) is 5.71. The highest BCUT2D eigenvalue weighted by Gasteiger charge is 2.28. The predicted octanol–water partition coefficient (Wildman–Crippen LogP) is 3.05. The van der Waals surface area contributed by atoms with Crippen LogP contribution in [0.5, 0.6) is 0 Å². The van der Waals surface area contributed by atoms with Crippen molar-refractivity contribution in [2.24, 2.45) is 5.92 Å². The van der Waals surface area contributed by atoms with Gasteiger partial charge < -0.3 is 14.3 Å². The first-order valence-corrected chi connectivity index (χ1v) is 9.62. The van der Waals surface area contributed by atoms with Crippen molar-refractivity contribution in [2.75, 3.05) is 26.2 Å². The van der Waals surface area contributed by atoms with Crippen molar-refractivity contribution < 1.29 is 14.1 Å². The van der Waals surface area contributed by atoms with E-state index in [-0.39, 0.29) is 17.7 Å². The van der Waals surface area contributed by atoms with E-state index in [1.165, 1.54) is 25.7 Å². The molecule has 0 radical (unpaired) electrons. The fraction of sp³-hybridized carbons (Fsp3) is 0.737. The zero-order chi connectivity index (χ0) is 17.8. The summed E-state index contributed by atoms with van der Waals surface area (Å²) in [5, 5.41) is 4.02. The van der Waals surface area contributed by atoms with Gasteiger partial charge in [0.1, 0.15) is 0 Å². The molecular weight excluding hydrogens is 318 g/mol. The Kier molecular flexibility index (Phi) is 5.76. The van der Waals surface area contributed by atoms with Crippen molar-refractivity contribution in [3.8, 4) is 0 Å². The lowest BCUT2D eigenvalue weighted by Gasteiger charge is -2.34. The number of aromatic nitrogens is 1. The smallest absolute Gasteiger partial charge is 0.292 e. The number of piperazine rings is 1. The second-order valence-electron chi connectivity index (χ2n) is 7.45. The molecule has 25 heavy (non-hydrogen) atoms. The average Bonchev–Trinajstić information content (AvgIpc) is 3.32. The van der Waals surface area contributed by atoms with Crippen molar-refractivity contribution in [3.63, 3.8) is 0 Å². The fourth-order valence-corrected chi connectivity index (χ4v) is 3.74. The summed E-state index contributed by atoms with van der Waals surface area (Å²) >= 11 is 0. The van der Waals surface area contributed by atoms with E-state index in [1.54, 1.807) is 11.0 Å². The molecule has 2 aliphatic rings. The zero-order valence-corrected chi connectivity index (χ0v) is 15.4. The summed E-state index contributed by atoms with van der Waals surface area (Å²) in [6, 6.07) is 1.76. The minimum atomic E-state index is -0.120. The number of hydrogen-bond donors (Lipinski definition) is 0. The molecule has 2 amide bonds. The van der Waals surface area contributed by atoms with Crippen LogP contribution in [0, 0.1) is 5.92 Å². The summed E-state index contributed by atoms with van der Waals surface area (Å²) in [5.74, 6) is 1.29. The molecule has 1 aromatic heterocycles. The Labute approximate surface area is 149 Å². The molecule has 1 aliphatic heterocycles. The average molecular weight is 347 g/mol. The van der Waals surface area contributed by atoms with Gasteiger partial charge in [-0.3, -0.25) is 9.59 Å². The molecule has 0 N–H and O–H groups in total. The predicted molar refractivity (Wildman–Crippen MR) is 94.3 cm³/mol. The molecule has 0 aromatic carbocycles. The topological polar surface area (TPSA) is 66.7 Å². The molecule has 3 rings (SSSR count).